The Morgan fingerprint density at radius 3 is 2.05 bits per heavy atom. The first-order chi connectivity index (χ1) is 9.27. The number of nitrogens with two attached hydrogens (primary N) is 1. The summed E-state index contributed by atoms with van der Waals surface area (Å²) in [6.45, 7) is 5.65. The molecule has 2 atom stereocenters. The van der Waals surface area contributed by atoms with Crippen LogP contribution in [0.4, 0.5) is 0 Å². The molecule has 0 heterocycles. The molecule has 0 aliphatic heterocycles. The zero-order valence-corrected chi connectivity index (χ0v) is 11.2. The molecule has 0 saturated carbocycles. The van der Waals surface area contributed by atoms with E-state index in [9.17, 15) is 9.59 Å². The largest absolute Gasteiger partial charge is 0.481 e. The van der Waals surface area contributed by atoms with Crippen molar-refractivity contribution in [1.29, 1.82) is 0 Å². The van der Waals surface area contributed by atoms with Crippen molar-refractivity contribution in [2.75, 3.05) is 0 Å². The van der Waals surface area contributed by atoms with E-state index in [0.29, 0.717) is 0 Å². The summed E-state index contributed by atoms with van der Waals surface area (Å²) in [5, 5.41) is 24.1. The van der Waals surface area contributed by atoms with Crippen molar-refractivity contribution in [3.63, 3.8) is 0 Å². The number of aliphatic hydroxyl groups is 1. The van der Waals surface area contributed by atoms with Gasteiger partial charge in [-0.05, 0) is 18.1 Å². The molecule has 1 unspecified atom stereocenters. The highest BCUT2D eigenvalue weighted by Crippen LogP contribution is 2.10. The summed E-state index contributed by atoms with van der Waals surface area (Å²) in [6, 6.07) is 8.22. The molecule has 0 radical (unpaired) electrons. The van der Waals surface area contributed by atoms with Crippen LogP contribution in [0, 0.1) is 0 Å². The van der Waals surface area contributed by atoms with Crippen LogP contribution < -0.4 is 5.73 Å². The van der Waals surface area contributed by atoms with E-state index in [1.54, 1.807) is 0 Å². The normalized spacial score (nSPS) is 12.6. The van der Waals surface area contributed by atoms with Crippen LogP contribution in [0.2, 0.25) is 0 Å². The van der Waals surface area contributed by atoms with Crippen molar-refractivity contribution in [2.45, 2.75) is 25.5 Å². The monoisotopic (exact) mass is 281 g/mol. The predicted octanol–water partition coefficient (Wildman–Crippen LogP) is 1.26. The second-order valence-electron chi connectivity index (χ2n) is 4.11. The highest BCUT2D eigenvalue weighted by atomic mass is 16.4. The van der Waals surface area contributed by atoms with Crippen LogP contribution in [0.1, 0.15) is 30.5 Å². The Kier molecular flexibility index (Phi) is 7.88. The van der Waals surface area contributed by atoms with Gasteiger partial charge in [0.2, 0.25) is 0 Å². The lowest BCUT2D eigenvalue weighted by atomic mass is 10.1. The first-order valence-electron chi connectivity index (χ1n) is 5.88. The molecule has 0 saturated heterocycles. The SMILES string of the molecule is C=Cc1ccc(C(C)N)cc1.O=C(O)C[C@H](O)C(=O)O. The van der Waals surface area contributed by atoms with E-state index in [0.717, 1.165) is 11.1 Å². The van der Waals surface area contributed by atoms with Crippen molar-refractivity contribution in [1.82, 2.24) is 0 Å². The molecule has 1 aromatic rings. The van der Waals surface area contributed by atoms with Gasteiger partial charge in [0.15, 0.2) is 6.10 Å². The highest BCUT2D eigenvalue weighted by molar-refractivity contribution is 5.79. The van der Waals surface area contributed by atoms with Gasteiger partial charge in [-0.2, -0.15) is 0 Å². The third kappa shape index (κ3) is 7.30. The van der Waals surface area contributed by atoms with Crippen LogP contribution >= 0.6 is 0 Å². The number of carboxylic acid groups (broad SMARTS) is 2. The molecule has 0 aliphatic carbocycles. The molecule has 0 spiro atoms. The fraction of sp³-hybridized carbons (Fsp3) is 0.286. The van der Waals surface area contributed by atoms with Gasteiger partial charge in [0.1, 0.15) is 0 Å². The fourth-order valence-electron chi connectivity index (χ4n) is 1.19. The topological polar surface area (TPSA) is 121 Å². The summed E-state index contributed by atoms with van der Waals surface area (Å²) in [5.74, 6) is -2.85. The molecule has 0 fully saturated rings. The maximum Gasteiger partial charge on any atom is 0.333 e. The fourth-order valence-corrected chi connectivity index (χ4v) is 1.19. The average Bonchev–Trinajstić information content (AvgIpc) is 2.38. The van der Waals surface area contributed by atoms with Crippen molar-refractivity contribution in [3.8, 4) is 0 Å². The zero-order chi connectivity index (χ0) is 15.7. The summed E-state index contributed by atoms with van der Waals surface area (Å²) >= 11 is 0. The van der Waals surface area contributed by atoms with Crippen LogP contribution in [0.25, 0.3) is 6.08 Å². The first kappa shape index (κ1) is 17.8. The van der Waals surface area contributed by atoms with Crippen LogP contribution in [0.3, 0.4) is 0 Å². The molecule has 0 amide bonds. The summed E-state index contributed by atoms with van der Waals surface area (Å²) < 4.78 is 0. The molecule has 0 aromatic heterocycles. The maximum absolute atomic E-state index is 9.72. The van der Waals surface area contributed by atoms with Crippen molar-refractivity contribution >= 4 is 18.0 Å². The van der Waals surface area contributed by atoms with Gasteiger partial charge in [0.05, 0.1) is 6.42 Å². The minimum absolute atomic E-state index is 0.119. The Bertz CT molecular complexity index is 453. The molecule has 1 rings (SSSR count). The third-order valence-electron chi connectivity index (χ3n) is 2.35. The Morgan fingerprint density at radius 1 is 1.30 bits per heavy atom. The van der Waals surface area contributed by atoms with Crippen LogP contribution in [0.15, 0.2) is 30.8 Å². The van der Waals surface area contributed by atoms with Crippen LogP contribution in [0.5, 0.6) is 0 Å². The molecule has 0 bridgehead atoms. The molecular weight excluding hydrogens is 262 g/mol. The maximum atomic E-state index is 9.72. The first-order valence-corrected chi connectivity index (χ1v) is 5.88. The molecule has 1 aromatic carbocycles. The van der Waals surface area contributed by atoms with Gasteiger partial charge >= 0.3 is 11.9 Å². The minimum Gasteiger partial charge on any atom is -0.481 e. The molecule has 5 N–H and O–H groups in total. The summed E-state index contributed by atoms with van der Waals surface area (Å²) in [4.78, 5) is 19.4. The number of hydrogen-bond acceptors (Lipinski definition) is 4. The number of benzene rings is 1. The smallest absolute Gasteiger partial charge is 0.333 e. The van der Waals surface area contributed by atoms with Crippen molar-refractivity contribution in [2.24, 2.45) is 5.73 Å². The summed E-state index contributed by atoms with van der Waals surface area (Å²) in [5.41, 5.74) is 7.98. The molecule has 6 heteroatoms. The Morgan fingerprint density at radius 2 is 1.80 bits per heavy atom. The standard InChI is InChI=1S/C10H13N.C4H6O5/c1-3-9-4-6-10(7-5-9)8(2)11;5-2(4(8)9)1-3(6)7/h3-8H,1,11H2,2H3;2,5H,1H2,(H,6,7)(H,8,9)/t;2-/m.0/s1. The number of aliphatic hydroxyl groups excluding tert-OH is 1. The van der Waals surface area contributed by atoms with Crippen LogP contribution in [-0.4, -0.2) is 33.4 Å². The second-order valence-corrected chi connectivity index (χ2v) is 4.11. The summed E-state index contributed by atoms with van der Waals surface area (Å²) in [7, 11) is 0. The van der Waals surface area contributed by atoms with E-state index in [2.05, 4.69) is 6.58 Å². The van der Waals surface area contributed by atoms with Crippen LogP contribution in [-0.2, 0) is 9.59 Å². The quantitative estimate of drug-likeness (QED) is 0.644. The Balaban J connectivity index is 0.000000370. The Hall–Kier alpha value is -2.18. The lowest BCUT2D eigenvalue weighted by molar-refractivity contribution is -0.152. The lowest BCUT2D eigenvalue weighted by Crippen LogP contribution is -2.22. The predicted molar refractivity (Wildman–Crippen MR) is 75.0 cm³/mol. The second kappa shape index (κ2) is 8.84. The van der Waals surface area contributed by atoms with E-state index >= 15 is 0 Å². The zero-order valence-electron chi connectivity index (χ0n) is 11.2. The van der Waals surface area contributed by atoms with Gasteiger partial charge in [-0.15, -0.1) is 0 Å². The number of carboxylic acids is 2. The van der Waals surface area contributed by atoms with Gasteiger partial charge in [0, 0.05) is 6.04 Å². The van der Waals surface area contributed by atoms with Gasteiger partial charge in [-0.1, -0.05) is 36.9 Å². The molecular formula is C14H19NO5. The number of hydrogen-bond donors (Lipinski definition) is 4. The van der Waals surface area contributed by atoms with Gasteiger partial charge in [-0.25, -0.2) is 4.79 Å². The molecule has 0 aliphatic rings. The number of carbonyl (C=O) groups is 2. The van der Waals surface area contributed by atoms with Gasteiger partial charge in [0.25, 0.3) is 0 Å². The van der Waals surface area contributed by atoms with E-state index in [1.165, 1.54) is 0 Å². The van der Waals surface area contributed by atoms with Gasteiger partial charge in [-0.3, -0.25) is 4.79 Å². The molecule has 110 valence electrons. The van der Waals surface area contributed by atoms with E-state index < -0.39 is 24.5 Å². The minimum atomic E-state index is -1.79. The van der Waals surface area contributed by atoms with Crippen molar-refractivity contribution < 1.29 is 24.9 Å². The number of aliphatic carboxylic acids is 2. The Labute approximate surface area is 117 Å². The van der Waals surface area contributed by atoms with E-state index in [4.69, 9.17) is 21.1 Å². The highest BCUT2D eigenvalue weighted by Gasteiger charge is 2.16. The number of rotatable bonds is 5. The third-order valence-corrected chi connectivity index (χ3v) is 2.35. The average molecular weight is 281 g/mol. The van der Waals surface area contributed by atoms with E-state index in [1.807, 2.05) is 37.3 Å². The van der Waals surface area contributed by atoms with Crippen molar-refractivity contribution in [3.05, 3.63) is 42.0 Å². The molecule has 6 nitrogen and oxygen atoms in total. The van der Waals surface area contributed by atoms with Gasteiger partial charge < -0.3 is 21.1 Å². The van der Waals surface area contributed by atoms with E-state index in [-0.39, 0.29) is 6.04 Å². The lowest BCUT2D eigenvalue weighted by Gasteiger charge is -2.04. The molecule has 20 heavy (non-hydrogen) atoms. The summed E-state index contributed by atoms with van der Waals surface area (Å²) in [6.07, 6.45) is -0.720.